The molecule has 2 aromatic carbocycles. The van der Waals surface area contributed by atoms with E-state index in [2.05, 4.69) is 15.4 Å². The molecule has 1 heterocycles. The van der Waals surface area contributed by atoms with Crippen LogP contribution in [0.5, 0.6) is 11.5 Å². The fourth-order valence-corrected chi connectivity index (χ4v) is 2.89. The highest BCUT2D eigenvalue weighted by molar-refractivity contribution is 5.94. The van der Waals surface area contributed by atoms with E-state index in [9.17, 15) is 9.90 Å². The van der Waals surface area contributed by atoms with Crippen LogP contribution in [0.3, 0.4) is 0 Å². The molecule has 2 aromatic rings. The van der Waals surface area contributed by atoms with Gasteiger partial charge in [-0.2, -0.15) is 5.10 Å². The Balaban J connectivity index is 1.54. The molecule has 1 saturated heterocycles. The summed E-state index contributed by atoms with van der Waals surface area (Å²) in [6.07, 6.45) is 1.51. The molecule has 0 atom stereocenters. The van der Waals surface area contributed by atoms with Gasteiger partial charge in [0.05, 0.1) is 26.0 Å². The second-order valence-corrected chi connectivity index (χ2v) is 6.44. The summed E-state index contributed by atoms with van der Waals surface area (Å²) in [5.74, 6) is 0.173. The van der Waals surface area contributed by atoms with E-state index in [1.165, 1.54) is 12.3 Å². The van der Waals surface area contributed by atoms with Gasteiger partial charge in [-0.1, -0.05) is 12.1 Å². The monoisotopic (exact) mass is 383 g/mol. The molecule has 28 heavy (non-hydrogen) atoms. The van der Waals surface area contributed by atoms with Crippen molar-refractivity contribution in [3.63, 3.8) is 0 Å². The second kappa shape index (κ2) is 9.87. The van der Waals surface area contributed by atoms with Crippen molar-refractivity contribution in [2.24, 2.45) is 5.10 Å². The number of carbonyl (C=O) groups is 1. The summed E-state index contributed by atoms with van der Waals surface area (Å²) in [5, 5.41) is 13.7. The third kappa shape index (κ3) is 5.55. The lowest BCUT2D eigenvalue weighted by molar-refractivity contribution is 0.0342. The van der Waals surface area contributed by atoms with Crippen molar-refractivity contribution in [3.05, 3.63) is 59.2 Å². The Hall–Kier alpha value is -2.90. The zero-order chi connectivity index (χ0) is 19.8. The van der Waals surface area contributed by atoms with Crippen LogP contribution in [0.2, 0.25) is 0 Å². The fourth-order valence-electron chi connectivity index (χ4n) is 2.89. The third-order valence-corrected chi connectivity index (χ3v) is 4.39. The summed E-state index contributed by atoms with van der Waals surface area (Å²) >= 11 is 0. The van der Waals surface area contributed by atoms with Gasteiger partial charge in [0.2, 0.25) is 0 Å². The Morgan fingerprint density at radius 2 is 2.00 bits per heavy atom. The number of carbonyl (C=O) groups excluding carboxylic acids is 1. The molecule has 1 fully saturated rings. The second-order valence-electron chi connectivity index (χ2n) is 6.44. The van der Waals surface area contributed by atoms with Crippen molar-refractivity contribution in [1.82, 2.24) is 10.3 Å². The van der Waals surface area contributed by atoms with Gasteiger partial charge >= 0.3 is 0 Å². The Labute approximate surface area is 164 Å². The van der Waals surface area contributed by atoms with E-state index in [0.717, 1.165) is 38.4 Å². The van der Waals surface area contributed by atoms with E-state index in [1.54, 1.807) is 24.3 Å². The maximum Gasteiger partial charge on any atom is 0.271 e. The molecule has 7 nitrogen and oxygen atoms in total. The highest BCUT2D eigenvalue weighted by Crippen LogP contribution is 2.26. The van der Waals surface area contributed by atoms with Crippen molar-refractivity contribution >= 4 is 12.1 Å². The third-order valence-electron chi connectivity index (χ3n) is 4.39. The molecule has 0 aliphatic carbocycles. The molecule has 2 N–H and O–H groups in total. The van der Waals surface area contributed by atoms with Gasteiger partial charge < -0.3 is 14.6 Å². The number of nitrogens with one attached hydrogen (secondary N) is 1. The van der Waals surface area contributed by atoms with Crippen LogP contribution in [0, 0.1) is 0 Å². The first-order valence-corrected chi connectivity index (χ1v) is 9.34. The lowest BCUT2D eigenvalue weighted by Crippen LogP contribution is -2.35. The summed E-state index contributed by atoms with van der Waals surface area (Å²) in [4.78, 5) is 14.6. The van der Waals surface area contributed by atoms with Crippen molar-refractivity contribution in [2.75, 3.05) is 32.9 Å². The van der Waals surface area contributed by atoms with Gasteiger partial charge in [0.1, 0.15) is 0 Å². The van der Waals surface area contributed by atoms with Gasteiger partial charge in [-0.3, -0.25) is 9.69 Å². The van der Waals surface area contributed by atoms with Crippen LogP contribution >= 0.6 is 0 Å². The first-order chi connectivity index (χ1) is 13.7. The maximum atomic E-state index is 12.2. The van der Waals surface area contributed by atoms with E-state index >= 15 is 0 Å². The molecule has 0 saturated carbocycles. The summed E-state index contributed by atoms with van der Waals surface area (Å²) in [6, 6.07) is 12.4. The molecular weight excluding hydrogens is 358 g/mol. The normalized spacial score (nSPS) is 14.9. The van der Waals surface area contributed by atoms with Crippen LogP contribution in [0.4, 0.5) is 0 Å². The molecule has 0 radical (unpaired) electrons. The largest absolute Gasteiger partial charge is 0.504 e. The van der Waals surface area contributed by atoms with Crippen molar-refractivity contribution < 1.29 is 19.4 Å². The number of nitrogens with zero attached hydrogens (tertiary/aromatic N) is 2. The standard InChI is InChI=1S/C21H25N3O4/c1-2-28-20-13-17(5-8-19(20)25)14-22-23-21(26)18-6-3-16(4-7-18)15-24-9-11-27-12-10-24/h3-8,13-14,25H,2,9-12,15H2,1H3,(H,23,26)/b22-14-. The molecule has 3 rings (SSSR count). The summed E-state index contributed by atoms with van der Waals surface area (Å²) in [5.41, 5.74) is 4.93. The minimum Gasteiger partial charge on any atom is -0.504 e. The molecule has 0 unspecified atom stereocenters. The van der Waals surface area contributed by atoms with Gasteiger partial charge in [0.25, 0.3) is 5.91 Å². The van der Waals surface area contributed by atoms with Crippen molar-refractivity contribution in [3.8, 4) is 11.5 Å². The number of hydrogen-bond donors (Lipinski definition) is 2. The summed E-state index contributed by atoms with van der Waals surface area (Å²) < 4.78 is 10.7. The van der Waals surface area contributed by atoms with Crippen molar-refractivity contribution in [1.29, 1.82) is 0 Å². The zero-order valence-corrected chi connectivity index (χ0v) is 15.9. The number of rotatable bonds is 7. The quantitative estimate of drug-likeness (QED) is 0.567. The van der Waals surface area contributed by atoms with Gasteiger partial charge in [0.15, 0.2) is 11.5 Å². The number of phenolic OH excluding ortho intramolecular Hbond substituents is 1. The number of phenols is 1. The first kappa shape index (κ1) is 19.9. The highest BCUT2D eigenvalue weighted by atomic mass is 16.5. The van der Waals surface area contributed by atoms with Gasteiger partial charge in [-0.25, -0.2) is 5.43 Å². The fraction of sp³-hybridized carbons (Fsp3) is 0.333. The Morgan fingerprint density at radius 1 is 1.25 bits per heavy atom. The Bertz CT molecular complexity index is 815. The molecule has 1 amide bonds. The predicted octanol–water partition coefficient (Wildman–Crippen LogP) is 2.39. The van der Waals surface area contributed by atoms with Crippen LogP contribution in [0.15, 0.2) is 47.6 Å². The molecule has 0 aromatic heterocycles. The molecule has 7 heteroatoms. The van der Waals surface area contributed by atoms with Crippen LogP contribution in [0.1, 0.15) is 28.4 Å². The van der Waals surface area contributed by atoms with Gasteiger partial charge in [-0.05, 0) is 48.4 Å². The van der Waals surface area contributed by atoms with Crippen LogP contribution in [-0.2, 0) is 11.3 Å². The molecule has 0 spiro atoms. The molecule has 148 valence electrons. The molecular formula is C21H25N3O4. The van der Waals surface area contributed by atoms with Gasteiger partial charge in [-0.15, -0.1) is 0 Å². The SMILES string of the molecule is CCOc1cc(/C=N\NC(=O)c2ccc(CN3CCOCC3)cc2)ccc1O. The highest BCUT2D eigenvalue weighted by Gasteiger charge is 2.11. The van der Waals surface area contributed by atoms with Gasteiger partial charge in [0, 0.05) is 25.2 Å². The van der Waals surface area contributed by atoms with Crippen molar-refractivity contribution in [2.45, 2.75) is 13.5 Å². The van der Waals surface area contributed by atoms with E-state index in [-0.39, 0.29) is 11.7 Å². The minimum absolute atomic E-state index is 0.0696. The summed E-state index contributed by atoms with van der Waals surface area (Å²) in [6.45, 7) is 6.54. The molecule has 1 aliphatic rings. The summed E-state index contributed by atoms with van der Waals surface area (Å²) in [7, 11) is 0. The topological polar surface area (TPSA) is 83.4 Å². The minimum atomic E-state index is -0.280. The van der Waals surface area contributed by atoms with Crippen LogP contribution < -0.4 is 10.2 Å². The van der Waals surface area contributed by atoms with E-state index < -0.39 is 0 Å². The number of hydrogen-bond acceptors (Lipinski definition) is 6. The first-order valence-electron chi connectivity index (χ1n) is 9.34. The number of morpholine rings is 1. The number of ether oxygens (including phenoxy) is 2. The average molecular weight is 383 g/mol. The Morgan fingerprint density at radius 3 is 2.71 bits per heavy atom. The number of amides is 1. The maximum absolute atomic E-state index is 12.2. The van der Waals surface area contributed by atoms with E-state index in [1.807, 2.05) is 19.1 Å². The number of aromatic hydroxyl groups is 1. The smallest absolute Gasteiger partial charge is 0.271 e. The van der Waals surface area contributed by atoms with E-state index in [0.29, 0.717) is 23.5 Å². The zero-order valence-electron chi connectivity index (χ0n) is 15.9. The molecule has 0 bridgehead atoms. The van der Waals surface area contributed by atoms with E-state index in [4.69, 9.17) is 9.47 Å². The number of benzene rings is 2. The Kier molecular flexibility index (Phi) is 7.00. The lowest BCUT2D eigenvalue weighted by Gasteiger charge is -2.26. The van der Waals surface area contributed by atoms with Crippen LogP contribution in [0.25, 0.3) is 0 Å². The predicted molar refractivity (Wildman–Crippen MR) is 107 cm³/mol. The average Bonchev–Trinajstić information content (AvgIpc) is 2.72. The van der Waals surface area contributed by atoms with Crippen LogP contribution in [-0.4, -0.2) is 55.0 Å². The number of hydrazone groups is 1. The lowest BCUT2D eigenvalue weighted by atomic mass is 10.1. The molecule has 1 aliphatic heterocycles.